The lowest BCUT2D eigenvalue weighted by atomic mass is 10.1. The highest BCUT2D eigenvalue weighted by molar-refractivity contribution is 5.94. The smallest absolute Gasteiger partial charge is 0.160 e. The Balaban J connectivity index is 2.20. The third-order valence-electron chi connectivity index (χ3n) is 2.57. The standard InChI is InChI=1S/C14H18O4/c1-9(2)17-12-4-11(10(3)15)5-13(6-12)18-14-7-16-8-14/h4-6,9,14H,7-8H2,1-3H3. The normalized spacial score (nSPS) is 15.3. The average Bonchev–Trinajstić information content (AvgIpc) is 2.22. The summed E-state index contributed by atoms with van der Waals surface area (Å²) in [7, 11) is 0. The van der Waals surface area contributed by atoms with Crippen LogP contribution in [0.25, 0.3) is 0 Å². The SMILES string of the molecule is CC(=O)c1cc(OC(C)C)cc(OC2COC2)c1. The largest absolute Gasteiger partial charge is 0.491 e. The van der Waals surface area contributed by atoms with Crippen LogP contribution in [-0.4, -0.2) is 31.2 Å². The molecule has 98 valence electrons. The Morgan fingerprint density at radius 1 is 1.28 bits per heavy atom. The summed E-state index contributed by atoms with van der Waals surface area (Å²) in [6, 6.07) is 5.30. The van der Waals surface area contributed by atoms with Crippen molar-refractivity contribution in [3.63, 3.8) is 0 Å². The minimum atomic E-state index is -0.00100. The van der Waals surface area contributed by atoms with Crippen LogP contribution in [-0.2, 0) is 4.74 Å². The van der Waals surface area contributed by atoms with E-state index in [9.17, 15) is 4.79 Å². The Hall–Kier alpha value is -1.55. The second kappa shape index (κ2) is 5.40. The van der Waals surface area contributed by atoms with Crippen LogP contribution in [0.5, 0.6) is 11.5 Å². The molecule has 0 atom stereocenters. The minimum Gasteiger partial charge on any atom is -0.491 e. The van der Waals surface area contributed by atoms with E-state index in [1.807, 2.05) is 19.9 Å². The zero-order chi connectivity index (χ0) is 13.1. The van der Waals surface area contributed by atoms with Gasteiger partial charge < -0.3 is 14.2 Å². The first-order valence-corrected chi connectivity index (χ1v) is 6.11. The number of carbonyl (C=O) groups is 1. The van der Waals surface area contributed by atoms with E-state index >= 15 is 0 Å². The number of benzene rings is 1. The Morgan fingerprint density at radius 3 is 2.44 bits per heavy atom. The molecule has 0 unspecified atom stereocenters. The van der Waals surface area contributed by atoms with Crippen LogP contribution >= 0.6 is 0 Å². The van der Waals surface area contributed by atoms with Gasteiger partial charge in [0.25, 0.3) is 0 Å². The van der Waals surface area contributed by atoms with Gasteiger partial charge in [0.2, 0.25) is 0 Å². The third-order valence-corrected chi connectivity index (χ3v) is 2.57. The molecular weight excluding hydrogens is 232 g/mol. The summed E-state index contributed by atoms with van der Waals surface area (Å²) in [6.45, 7) is 6.63. The zero-order valence-electron chi connectivity index (χ0n) is 10.9. The lowest BCUT2D eigenvalue weighted by Gasteiger charge is -2.27. The first kappa shape index (κ1) is 12.9. The molecule has 1 aromatic rings. The van der Waals surface area contributed by atoms with E-state index < -0.39 is 0 Å². The molecule has 0 aliphatic carbocycles. The number of ketones is 1. The van der Waals surface area contributed by atoms with Crippen molar-refractivity contribution < 1.29 is 19.0 Å². The molecular formula is C14H18O4. The van der Waals surface area contributed by atoms with Crippen LogP contribution in [0.1, 0.15) is 31.1 Å². The van der Waals surface area contributed by atoms with Gasteiger partial charge in [-0.25, -0.2) is 0 Å². The van der Waals surface area contributed by atoms with Crippen molar-refractivity contribution in [3.05, 3.63) is 23.8 Å². The number of ether oxygens (including phenoxy) is 3. The maximum atomic E-state index is 11.5. The van der Waals surface area contributed by atoms with Crippen LogP contribution in [0.4, 0.5) is 0 Å². The third kappa shape index (κ3) is 3.23. The van der Waals surface area contributed by atoms with Gasteiger partial charge in [-0.05, 0) is 32.9 Å². The summed E-state index contributed by atoms with van der Waals surface area (Å²) < 4.78 is 16.4. The molecule has 1 aromatic carbocycles. The highest BCUT2D eigenvalue weighted by Gasteiger charge is 2.21. The maximum Gasteiger partial charge on any atom is 0.160 e. The molecule has 1 aliphatic rings. The zero-order valence-corrected chi connectivity index (χ0v) is 10.9. The Bertz CT molecular complexity index is 435. The number of rotatable bonds is 5. The maximum absolute atomic E-state index is 11.5. The quantitative estimate of drug-likeness (QED) is 0.753. The summed E-state index contributed by atoms with van der Waals surface area (Å²) in [4.78, 5) is 11.5. The molecule has 1 heterocycles. The summed E-state index contributed by atoms with van der Waals surface area (Å²) in [5, 5.41) is 0. The van der Waals surface area contributed by atoms with Crippen molar-refractivity contribution in [2.24, 2.45) is 0 Å². The molecule has 1 saturated heterocycles. The van der Waals surface area contributed by atoms with Gasteiger partial charge in [-0.2, -0.15) is 0 Å². The fourth-order valence-corrected chi connectivity index (χ4v) is 1.66. The van der Waals surface area contributed by atoms with Crippen LogP contribution in [0, 0.1) is 0 Å². The molecule has 1 aliphatic heterocycles. The van der Waals surface area contributed by atoms with Crippen molar-refractivity contribution in [3.8, 4) is 11.5 Å². The number of hydrogen-bond donors (Lipinski definition) is 0. The van der Waals surface area contributed by atoms with Gasteiger partial charge in [-0.3, -0.25) is 4.79 Å². The molecule has 0 N–H and O–H groups in total. The molecule has 2 rings (SSSR count). The van der Waals surface area contributed by atoms with E-state index in [0.717, 1.165) is 0 Å². The molecule has 0 radical (unpaired) electrons. The summed E-state index contributed by atoms with van der Waals surface area (Å²) in [5.74, 6) is 1.32. The van der Waals surface area contributed by atoms with E-state index in [-0.39, 0.29) is 18.0 Å². The predicted octanol–water partition coefficient (Wildman–Crippen LogP) is 2.45. The first-order chi connectivity index (χ1) is 8.54. The Kier molecular flexibility index (Phi) is 3.87. The molecule has 18 heavy (non-hydrogen) atoms. The molecule has 4 nitrogen and oxygen atoms in total. The second-order valence-corrected chi connectivity index (χ2v) is 4.69. The van der Waals surface area contributed by atoms with Crippen LogP contribution in [0.15, 0.2) is 18.2 Å². The fraction of sp³-hybridized carbons (Fsp3) is 0.500. The summed E-state index contributed by atoms with van der Waals surface area (Å²) in [6.07, 6.45) is 0.145. The molecule has 4 heteroatoms. The molecule has 1 fully saturated rings. The molecule has 0 bridgehead atoms. The first-order valence-electron chi connectivity index (χ1n) is 6.11. The van der Waals surface area contributed by atoms with E-state index in [4.69, 9.17) is 14.2 Å². The van der Waals surface area contributed by atoms with E-state index in [1.165, 1.54) is 6.92 Å². The van der Waals surface area contributed by atoms with Crippen molar-refractivity contribution in [1.82, 2.24) is 0 Å². The van der Waals surface area contributed by atoms with Crippen molar-refractivity contribution >= 4 is 5.78 Å². The predicted molar refractivity (Wildman–Crippen MR) is 67.4 cm³/mol. The summed E-state index contributed by atoms with van der Waals surface area (Å²) in [5.41, 5.74) is 0.600. The average molecular weight is 250 g/mol. The lowest BCUT2D eigenvalue weighted by molar-refractivity contribution is -0.0797. The van der Waals surface area contributed by atoms with Crippen LogP contribution in [0.2, 0.25) is 0 Å². The van der Waals surface area contributed by atoms with E-state index in [2.05, 4.69) is 0 Å². The summed E-state index contributed by atoms with van der Waals surface area (Å²) >= 11 is 0. The Morgan fingerprint density at radius 2 is 1.94 bits per heavy atom. The van der Waals surface area contributed by atoms with E-state index in [1.54, 1.807) is 12.1 Å². The van der Waals surface area contributed by atoms with Gasteiger partial charge in [0.05, 0.1) is 19.3 Å². The van der Waals surface area contributed by atoms with Crippen molar-refractivity contribution in [2.75, 3.05) is 13.2 Å². The molecule has 0 amide bonds. The molecule has 0 aromatic heterocycles. The van der Waals surface area contributed by atoms with Gasteiger partial charge in [-0.1, -0.05) is 0 Å². The van der Waals surface area contributed by atoms with Gasteiger partial charge in [-0.15, -0.1) is 0 Å². The van der Waals surface area contributed by atoms with Crippen molar-refractivity contribution in [1.29, 1.82) is 0 Å². The van der Waals surface area contributed by atoms with Gasteiger partial charge in [0, 0.05) is 11.6 Å². The number of hydrogen-bond acceptors (Lipinski definition) is 4. The monoisotopic (exact) mass is 250 g/mol. The highest BCUT2D eigenvalue weighted by Crippen LogP contribution is 2.26. The van der Waals surface area contributed by atoms with E-state index in [0.29, 0.717) is 30.3 Å². The van der Waals surface area contributed by atoms with Gasteiger partial charge in [0.1, 0.15) is 17.6 Å². The lowest BCUT2D eigenvalue weighted by Crippen LogP contribution is -2.38. The topological polar surface area (TPSA) is 44.8 Å². The second-order valence-electron chi connectivity index (χ2n) is 4.69. The fourth-order valence-electron chi connectivity index (χ4n) is 1.66. The minimum absolute atomic E-state index is 0.00100. The van der Waals surface area contributed by atoms with Crippen LogP contribution in [0.3, 0.4) is 0 Å². The van der Waals surface area contributed by atoms with Gasteiger partial charge >= 0.3 is 0 Å². The number of Topliss-reactive ketones (excluding diaryl/α,β-unsaturated/α-hetero) is 1. The van der Waals surface area contributed by atoms with Gasteiger partial charge in [0.15, 0.2) is 5.78 Å². The van der Waals surface area contributed by atoms with Crippen molar-refractivity contribution in [2.45, 2.75) is 33.0 Å². The van der Waals surface area contributed by atoms with Crippen LogP contribution < -0.4 is 9.47 Å². The Labute approximate surface area is 107 Å². The molecule has 0 saturated carbocycles. The number of carbonyl (C=O) groups excluding carboxylic acids is 1. The molecule has 0 spiro atoms. The highest BCUT2D eigenvalue weighted by atomic mass is 16.6.